The maximum atomic E-state index is 10.6. The van der Waals surface area contributed by atoms with Gasteiger partial charge in [-0.05, 0) is 6.42 Å². The third kappa shape index (κ3) is 7.47. The summed E-state index contributed by atoms with van der Waals surface area (Å²) in [5, 5.41) is 0. The van der Waals surface area contributed by atoms with E-state index in [1.54, 1.807) is 0 Å². The predicted octanol–water partition coefficient (Wildman–Crippen LogP) is 1.74. The van der Waals surface area contributed by atoms with Gasteiger partial charge in [0.25, 0.3) is 0 Å². The summed E-state index contributed by atoms with van der Waals surface area (Å²) in [6, 6.07) is 0. The van der Waals surface area contributed by atoms with Gasteiger partial charge in [0.05, 0.1) is 6.61 Å². The number of esters is 1. The molecule has 0 rings (SSSR count). The van der Waals surface area contributed by atoms with Crippen molar-refractivity contribution in [3.63, 3.8) is 0 Å². The molecular weight excluding hydrogens is 116 g/mol. The van der Waals surface area contributed by atoms with Crippen molar-refractivity contribution in [2.75, 3.05) is 6.61 Å². The Morgan fingerprint density at radius 2 is 2.44 bits per heavy atom. The normalized spacial score (nSPS) is 15.4. The van der Waals surface area contributed by atoms with E-state index in [2.05, 4.69) is 4.74 Å². The fourth-order valence-electron chi connectivity index (χ4n) is 0.517. The van der Waals surface area contributed by atoms with Crippen molar-refractivity contribution in [1.82, 2.24) is 0 Å². The Kier molecular flexibility index (Phi) is 2.68. The molecule has 0 aromatic rings. The van der Waals surface area contributed by atoms with Crippen molar-refractivity contribution in [2.24, 2.45) is 0 Å². The SMILES string of the molecule is [2H]C([2H])([2H])C(=O)OCCCCC. The summed E-state index contributed by atoms with van der Waals surface area (Å²) in [6.07, 6.45) is 2.71. The number of hydrogen-bond donors (Lipinski definition) is 0. The number of carbonyl (C=O) groups is 1. The van der Waals surface area contributed by atoms with Gasteiger partial charge in [-0.3, -0.25) is 4.79 Å². The fourth-order valence-corrected chi connectivity index (χ4v) is 0.517. The standard InChI is InChI=1S/C7H14O2/c1-3-4-5-6-9-7(2)8/h3-6H2,1-2H3/i2D3. The van der Waals surface area contributed by atoms with Crippen LogP contribution in [0, 0.1) is 0 Å². The van der Waals surface area contributed by atoms with E-state index in [0.717, 1.165) is 19.3 Å². The van der Waals surface area contributed by atoms with Crippen LogP contribution in [0.15, 0.2) is 0 Å². The zero-order chi connectivity index (χ0) is 9.61. The molecule has 0 unspecified atom stereocenters. The molecule has 0 amide bonds. The molecule has 0 saturated heterocycles. The van der Waals surface area contributed by atoms with Crippen LogP contribution >= 0.6 is 0 Å². The largest absolute Gasteiger partial charge is 0.466 e. The zero-order valence-electron chi connectivity index (χ0n) is 8.64. The Hall–Kier alpha value is -0.530. The quantitative estimate of drug-likeness (QED) is 0.431. The molecule has 2 heteroatoms. The number of rotatable bonds is 4. The lowest BCUT2D eigenvalue weighted by Crippen LogP contribution is -1.99. The van der Waals surface area contributed by atoms with Gasteiger partial charge in [0.1, 0.15) is 0 Å². The highest BCUT2D eigenvalue weighted by molar-refractivity contribution is 5.65. The Labute approximate surface area is 60.4 Å². The summed E-state index contributed by atoms with van der Waals surface area (Å²) in [4.78, 5) is 10.6. The maximum absolute atomic E-state index is 10.6. The van der Waals surface area contributed by atoms with Crippen LogP contribution < -0.4 is 0 Å². The van der Waals surface area contributed by atoms with Crippen LogP contribution in [0.1, 0.15) is 37.2 Å². The monoisotopic (exact) mass is 133 g/mol. The van der Waals surface area contributed by atoms with Gasteiger partial charge in [0.15, 0.2) is 0 Å². The van der Waals surface area contributed by atoms with E-state index in [0.29, 0.717) is 0 Å². The zero-order valence-corrected chi connectivity index (χ0v) is 5.64. The summed E-state index contributed by atoms with van der Waals surface area (Å²) in [5.74, 6) is -1.10. The Morgan fingerprint density at radius 1 is 1.67 bits per heavy atom. The van der Waals surface area contributed by atoms with Gasteiger partial charge in [-0.1, -0.05) is 19.8 Å². The molecule has 0 saturated carbocycles. The average Bonchev–Trinajstić information content (AvgIpc) is 1.96. The molecule has 0 aliphatic carbocycles. The van der Waals surface area contributed by atoms with Crippen molar-refractivity contribution in [1.29, 1.82) is 0 Å². The number of carbonyl (C=O) groups excluding carboxylic acids is 1. The highest BCUT2D eigenvalue weighted by Gasteiger charge is 1.89. The minimum absolute atomic E-state index is 0.213. The second-order valence-electron chi connectivity index (χ2n) is 1.84. The molecule has 2 nitrogen and oxygen atoms in total. The maximum Gasteiger partial charge on any atom is 0.302 e. The molecule has 0 aliphatic rings. The second kappa shape index (κ2) is 5.60. The van der Waals surface area contributed by atoms with Crippen LogP contribution in [0.5, 0.6) is 0 Å². The molecule has 0 fully saturated rings. The molecule has 0 aliphatic heterocycles. The first-order chi connectivity index (χ1) is 5.48. The third-order valence-corrected chi connectivity index (χ3v) is 0.981. The van der Waals surface area contributed by atoms with Crippen LogP contribution in [0.25, 0.3) is 0 Å². The molecule has 0 aromatic carbocycles. The number of unbranched alkanes of at least 4 members (excludes halogenated alkanes) is 2. The summed E-state index contributed by atoms with van der Waals surface area (Å²) in [5.41, 5.74) is 0. The third-order valence-electron chi connectivity index (χ3n) is 0.981. The van der Waals surface area contributed by atoms with E-state index < -0.39 is 12.8 Å². The average molecular weight is 133 g/mol. The first-order valence-electron chi connectivity index (χ1n) is 4.65. The lowest BCUT2D eigenvalue weighted by molar-refractivity contribution is -0.141. The molecule has 0 aromatic heterocycles. The Morgan fingerprint density at radius 3 is 3.00 bits per heavy atom. The predicted molar refractivity (Wildman–Crippen MR) is 36.2 cm³/mol. The molecule has 0 N–H and O–H groups in total. The van der Waals surface area contributed by atoms with E-state index in [-0.39, 0.29) is 6.61 Å². The molecular formula is C7H14O2. The molecule has 0 radical (unpaired) electrons. The smallest absolute Gasteiger partial charge is 0.302 e. The first-order valence-corrected chi connectivity index (χ1v) is 3.15. The molecule has 0 spiro atoms. The molecule has 0 bridgehead atoms. The number of hydrogen-bond acceptors (Lipinski definition) is 2. The van der Waals surface area contributed by atoms with Crippen molar-refractivity contribution in [3.8, 4) is 0 Å². The summed E-state index contributed by atoms with van der Waals surface area (Å²) in [7, 11) is 0. The molecule has 54 valence electrons. The van der Waals surface area contributed by atoms with Crippen LogP contribution in [0.4, 0.5) is 0 Å². The molecule has 0 heterocycles. The van der Waals surface area contributed by atoms with E-state index in [1.165, 1.54) is 0 Å². The van der Waals surface area contributed by atoms with Crippen LogP contribution in [0.3, 0.4) is 0 Å². The van der Waals surface area contributed by atoms with Gasteiger partial charge in [0.2, 0.25) is 0 Å². The van der Waals surface area contributed by atoms with Crippen molar-refractivity contribution in [3.05, 3.63) is 0 Å². The van der Waals surface area contributed by atoms with Gasteiger partial charge < -0.3 is 4.74 Å². The fraction of sp³-hybridized carbons (Fsp3) is 0.857. The van der Waals surface area contributed by atoms with Gasteiger partial charge >= 0.3 is 5.97 Å². The van der Waals surface area contributed by atoms with Crippen LogP contribution in [-0.2, 0) is 9.53 Å². The van der Waals surface area contributed by atoms with E-state index in [4.69, 9.17) is 4.11 Å². The lowest BCUT2D eigenvalue weighted by Gasteiger charge is -1.98. The van der Waals surface area contributed by atoms with Gasteiger partial charge in [-0.2, -0.15) is 0 Å². The highest BCUT2D eigenvalue weighted by atomic mass is 16.5. The number of ether oxygens (including phenoxy) is 1. The first kappa shape index (κ1) is 4.31. The lowest BCUT2D eigenvalue weighted by atomic mass is 10.3. The highest BCUT2D eigenvalue weighted by Crippen LogP contribution is 1.93. The Balaban J connectivity index is 3.45. The van der Waals surface area contributed by atoms with E-state index >= 15 is 0 Å². The summed E-state index contributed by atoms with van der Waals surface area (Å²) < 4.78 is 24.5. The van der Waals surface area contributed by atoms with Crippen molar-refractivity contribution >= 4 is 5.97 Å². The van der Waals surface area contributed by atoms with Crippen LogP contribution in [0.2, 0.25) is 0 Å². The summed E-state index contributed by atoms with van der Waals surface area (Å²) >= 11 is 0. The van der Waals surface area contributed by atoms with Crippen molar-refractivity contribution < 1.29 is 13.6 Å². The second-order valence-corrected chi connectivity index (χ2v) is 1.84. The molecule has 0 atom stereocenters. The minimum atomic E-state index is -2.60. The molecule has 9 heavy (non-hydrogen) atoms. The Bertz CT molecular complexity index is 142. The summed E-state index contributed by atoms with van der Waals surface area (Å²) in [6.45, 7) is -0.372. The topological polar surface area (TPSA) is 26.3 Å². The van der Waals surface area contributed by atoms with Gasteiger partial charge in [-0.25, -0.2) is 0 Å². The van der Waals surface area contributed by atoms with E-state index in [9.17, 15) is 4.79 Å². The minimum Gasteiger partial charge on any atom is -0.466 e. The van der Waals surface area contributed by atoms with Crippen LogP contribution in [-0.4, -0.2) is 12.6 Å². The van der Waals surface area contributed by atoms with Gasteiger partial charge in [-0.15, -0.1) is 0 Å². The van der Waals surface area contributed by atoms with Gasteiger partial charge in [0, 0.05) is 11.0 Å². The van der Waals surface area contributed by atoms with Crippen molar-refractivity contribution in [2.45, 2.75) is 33.0 Å². The van der Waals surface area contributed by atoms with E-state index in [1.807, 2.05) is 6.92 Å².